The molecule has 1 rings (SSSR count). The van der Waals surface area contributed by atoms with Crippen LogP contribution in [0.4, 0.5) is 13.2 Å². The fourth-order valence-electron chi connectivity index (χ4n) is 1.73. The van der Waals surface area contributed by atoms with E-state index in [1.54, 1.807) is 13.8 Å². The molecular weight excluding hydrogens is 287 g/mol. The molecule has 2 N–H and O–H groups in total. The Labute approximate surface area is 120 Å². The molecule has 0 aliphatic carbocycles. The van der Waals surface area contributed by atoms with E-state index in [9.17, 15) is 22.8 Å². The molecule has 1 aromatic rings. The van der Waals surface area contributed by atoms with Gasteiger partial charge in [-0.05, 0) is 11.6 Å². The van der Waals surface area contributed by atoms with Crippen LogP contribution in [0, 0.1) is 5.92 Å². The van der Waals surface area contributed by atoms with E-state index in [1.165, 1.54) is 18.2 Å². The number of benzene rings is 1. The van der Waals surface area contributed by atoms with Crippen LogP contribution in [0.2, 0.25) is 0 Å². The van der Waals surface area contributed by atoms with Crippen LogP contribution in [-0.2, 0) is 22.2 Å². The van der Waals surface area contributed by atoms with Crippen LogP contribution in [0.25, 0.3) is 0 Å². The predicted octanol–water partition coefficient (Wildman–Crippen LogP) is 2.47. The minimum Gasteiger partial charge on any atom is -0.480 e. The van der Waals surface area contributed by atoms with Gasteiger partial charge in [0.15, 0.2) is 0 Å². The maximum atomic E-state index is 12.9. The lowest BCUT2D eigenvalue weighted by molar-refractivity contribution is -0.143. The van der Waals surface area contributed by atoms with Crippen LogP contribution >= 0.6 is 0 Å². The Morgan fingerprint density at radius 2 is 1.81 bits per heavy atom. The second kappa shape index (κ2) is 6.60. The molecule has 21 heavy (non-hydrogen) atoms. The number of carbonyl (C=O) groups excluding carboxylic acids is 1. The van der Waals surface area contributed by atoms with Gasteiger partial charge in [-0.3, -0.25) is 4.79 Å². The zero-order chi connectivity index (χ0) is 16.2. The van der Waals surface area contributed by atoms with E-state index < -0.39 is 42.0 Å². The van der Waals surface area contributed by atoms with Crippen LogP contribution in [0.15, 0.2) is 24.3 Å². The van der Waals surface area contributed by atoms with Crippen LogP contribution in [0.5, 0.6) is 0 Å². The first-order valence-electron chi connectivity index (χ1n) is 6.31. The first-order chi connectivity index (χ1) is 9.62. The van der Waals surface area contributed by atoms with E-state index in [1.807, 2.05) is 0 Å². The van der Waals surface area contributed by atoms with Crippen molar-refractivity contribution in [1.82, 2.24) is 5.32 Å². The summed E-state index contributed by atoms with van der Waals surface area (Å²) in [7, 11) is 0. The number of hydrogen-bond donors (Lipinski definition) is 2. The monoisotopic (exact) mass is 303 g/mol. The van der Waals surface area contributed by atoms with Crippen molar-refractivity contribution >= 4 is 11.9 Å². The molecule has 0 bridgehead atoms. The van der Waals surface area contributed by atoms with Gasteiger partial charge in [0.25, 0.3) is 0 Å². The maximum Gasteiger partial charge on any atom is 0.416 e. The highest BCUT2D eigenvalue weighted by Gasteiger charge is 2.34. The van der Waals surface area contributed by atoms with Gasteiger partial charge in [0.2, 0.25) is 5.91 Å². The second-order valence-electron chi connectivity index (χ2n) is 4.91. The predicted molar refractivity (Wildman–Crippen MR) is 69.6 cm³/mol. The molecule has 0 aliphatic rings. The van der Waals surface area contributed by atoms with E-state index in [0.29, 0.717) is 0 Å². The quantitative estimate of drug-likeness (QED) is 0.878. The highest BCUT2D eigenvalue weighted by molar-refractivity contribution is 5.84. The zero-order valence-electron chi connectivity index (χ0n) is 11.6. The lowest BCUT2D eigenvalue weighted by Crippen LogP contribution is -2.44. The van der Waals surface area contributed by atoms with Crippen molar-refractivity contribution in [3.05, 3.63) is 35.4 Å². The normalized spacial score (nSPS) is 13.0. The molecule has 4 nitrogen and oxygen atoms in total. The zero-order valence-corrected chi connectivity index (χ0v) is 11.6. The van der Waals surface area contributed by atoms with Gasteiger partial charge in [-0.1, -0.05) is 32.0 Å². The number of rotatable bonds is 5. The molecule has 7 heteroatoms. The second-order valence-corrected chi connectivity index (χ2v) is 4.91. The molecule has 0 aliphatic heterocycles. The molecule has 116 valence electrons. The van der Waals surface area contributed by atoms with Gasteiger partial charge < -0.3 is 10.4 Å². The van der Waals surface area contributed by atoms with Crippen LogP contribution in [-0.4, -0.2) is 23.0 Å². The fraction of sp³-hybridized carbons (Fsp3) is 0.429. The van der Waals surface area contributed by atoms with Crippen molar-refractivity contribution in [2.24, 2.45) is 5.92 Å². The fourth-order valence-corrected chi connectivity index (χ4v) is 1.73. The average Bonchev–Trinajstić information content (AvgIpc) is 2.36. The Morgan fingerprint density at radius 3 is 2.29 bits per heavy atom. The summed E-state index contributed by atoms with van der Waals surface area (Å²) in [6, 6.07) is 3.32. The number of carboxylic acid groups (broad SMARTS) is 1. The number of hydrogen-bond acceptors (Lipinski definition) is 2. The van der Waals surface area contributed by atoms with E-state index in [0.717, 1.165) is 6.07 Å². The van der Waals surface area contributed by atoms with Crippen molar-refractivity contribution in [1.29, 1.82) is 0 Å². The summed E-state index contributed by atoms with van der Waals surface area (Å²) >= 11 is 0. The number of halogens is 3. The Bertz CT molecular complexity index is 526. The molecule has 1 atom stereocenters. The molecular formula is C14H16F3NO3. The van der Waals surface area contributed by atoms with Gasteiger partial charge in [-0.15, -0.1) is 0 Å². The molecule has 0 aromatic heterocycles. The highest BCUT2D eigenvalue weighted by Crippen LogP contribution is 2.32. The molecule has 0 radical (unpaired) electrons. The number of nitrogens with one attached hydrogen (secondary N) is 1. The standard InChI is InChI=1S/C14H16F3NO3/c1-8(2)12(19)18-11(13(20)21)7-9-5-3-4-6-10(9)14(15,16)17/h3-6,8,11H,7H2,1-2H3,(H,18,19)(H,20,21)/t11-/m1/s1. The minimum atomic E-state index is -4.57. The molecule has 0 saturated carbocycles. The largest absolute Gasteiger partial charge is 0.480 e. The van der Waals surface area contributed by atoms with Crippen molar-refractivity contribution in [3.63, 3.8) is 0 Å². The number of carboxylic acids is 1. The highest BCUT2D eigenvalue weighted by atomic mass is 19.4. The van der Waals surface area contributed by atoms with Crippen LogP contribution in [0.3, 0.4) is 0 Å². The van der Waals surface area contributed by atoms with E-state index in [2.05, 4.69) is 5.32 Å². The smallest absolute Gasteiger partial charge is 0.416 e. The first-order valence-corrected chi connectivity index (χ1v) is 6.31. The third-order valence-corrected chi connectivity index (χ3v) is 2.89. The van der Waals surface area contributed by atoms with Crippen molar-refractivity contribution in [2.75, 3.05) is 0 Å². The Kier molecular flexibility index (Phi) is 5.34. The van der Waals surface area contributed by atoms with Gasteiger partial charge in [0.1, 0.15) is 6.04 Å². The average molecular weight is 303 g/mol. The Morgan fingerprint density at radius 1 is 1.24 bits per heavy atom. The topological polar surface area (TPSA) is 66.4 Å². The molecule has 0 heterocycles. The van der Waals surface area contributed by atoms with E-state index in [4.69, 9.17) is 5.11 Å². The van der Waals surface area contributed by atoms with Crippen molar-refractivity contribution < 1.29 is 27.9 Å². The van der Waals surface area contributed by atoms with Gasteiger partial charge >= 0.3 is 12.1 Å². The van der Waals surface area contributed by atoms with Crippen LogP contribution in [0.1, 0.15) is 25.0 Å². The summed E-state index contributed by atoms with van der Waals surface area (Å²) < 4.78 is 38.6. The first kappa shape index (κ1) is 17.0. The van der Waals surface area contributed by atoms with Gasteiger partial charge in [0.05, 0.1) is 5.56 Å². The number of carbonyl (C=O) groups is 2. The van der Waals surface area contributed by atoms with E-state index in [-0.39, 0.29) is 5.56 Å². The van der Waals surface area contributed by atoms with Gasteiger partial charge in [-0.2, -0.15) is 13.2 Å². The summed E-state index contributed by atoms with van der Waals surface area (Å²) in [5.41, 5.74) is -1.06. The number of amides is 1. The van der Waals surface area contributed by atoms with E-state index >= 15 is 0 Å². The van der Waals surface area contributed by atoms with Crippen molar-refractivity contribution in [2.45, 2.75) is 32.5 Å². The Hall–Kier alpha value is -2.05. The third-order valence-electron chi connectivity index (χ3n) is 2.89. The maximum absolute atomic E-state index is 12.9. The molecule has 0 saturated heterocycles. The number of aliphatic carboxylic acids is 1. The molecule has 0 fully saturated rings. The molecule has 0 spiro atoms. The van der Waals surface area contributed by atoms with Crippen LogP contribution < -0.4 is 5.32 Å². The SMILES string of the molecule is CC(C)C(=O)N[C@H](Cc1ccccc1C(F)(F)F)C(=O)O. The van der Waals surface area contributed by atoms with Gasteiger partial charge in [0, 0.05) is 12.3 Å². The number of alkyl halides is 3. The van der Waals surface area contributed by atoms with Crippen molar-refractivity contribution in [3.8, 4) is 0 Å². The molecule has 0 unspecified atom stereocenters. The summed E-state index contributed by atoms with van der Waals surface area (Å²) in [6.45, 7) is 3.13. The third kappa shape index (κ3) is 4.77. The lowest BCUT2D eigenvalue weighted by atomic mass is 9.99. The Balaban J connectivity index is 3.01. The summed E-state index contributed by atoms with van der Waals surface area (Å²) in [6.07, 6.45) is -4.99. The van der Waals surface area contributed by atoms with Gasteiger partial charge in [-0.25, -0.2) is 4.79 Å². The molecule has 1 amide bonds. The summed E-state index contributed by atoms with van der Waals surface area (Å²) in [4.78, 5) is 22.7. The minimum absolute atomic E-state index is 0.165. The lowest BCUT2D eigenvalue weighted by Gasteiger charge is -2.18. The molecule has 1 aromatic carbocycles. The summed E-state index contributed by atoms with van der Waals surface area (Å²) in [5, 5.41) is 11.3. The summed E-state index contributed by atoms with van der Waals surface area (Å²) in [5.74, 6) is -2.35.